The topological polar surface area (TPSA) is 75.4 Å². The Kier molecular flexibility index (Phi) is 6.19. The number of carbonyl (C=O) groups excluding carboxylic acids is 1. The molecule has 1 aromatic carbocycles. The van der Waals surface area contributed by atoms with Gasteiger partial charge >= 0.3 is 0 Å². The fraction of sp³-hybridized carbons (Fsp3) is 0.409. The van der Waals surface area contributed by atoms with Crippen molar-refractivity contribution < 1.29 is 9.90 Å². The third-order valence-corrected chi connectivity index (χ3v) is 5.98. The van der Waals surface area contributed by atoms with Crippen molar-refractivity contribution in [1.82, 2.24) is 14.5 Å². The second-order valence-electron chi connectivity index (χ2n) is 8.00. The van der Waals surface area contributed by atoms with Gasteiger partial charge in [-0.15, -0.1) is 11.3 Å². The Morgan fingerprint density at radius 2 is 1.93 bits per heavy atom. The van der Waals surface area contributed by atoms with E-state index < -0.39 is 5.60 Å². The van der Waals surface area contributed by atoms with E-state index in [1.807, 2.05) is 44.2 Å². The molecule has 0 aliphatic carbocycles. The van der Waals surface area contributed by atoms with Gasteiger partial charge in [0, 0.05) is 30.9 Å². The number of benzene rings is 1. The number of rotatable bonds is 7. The lowest BCUT2D eigenvalue weighted by Crippen LogP contribution is -2.42. The van der Waals surface area contributed by atoms with Crippen LogP contribution in [0.5, 0.6) is 0 Å². The zero-order chi connectivity index (χ0) is 21.2. The summed E-state index contributed by atoms with van der Waals surface area (Å²) >= 11 is 1.51. The first-order valence-electron chi connectivity index (χ1n) is 9.65. The van der Waals surface area contributed by atoms with Crippen LogP contribution in [0.4, 0.5) is 0 Å². The summed E-state index contributed by atoms with van der Waals surface area (Å²) in [5, 5.41) is 10.9. The van der Waals surface area contributed by atoms with Crippen LogP contribution < -0.4 is 5.56 Å². The molecule has 0 unspecified atom stereocenters. The van der Waals surface area contributed by atoms with E-state index in [0.29, 0.717) is 11.9 Å². The molecule has 0 aliphatic rings. The first-order chi connectivity index (χ1) is 13.7. The molecule has 1 N–H and O–H groups in total. The van der Waals surface area contributed by atoms with Gasteiger partial charge in [-0.2, -0.15) is 0 Å². The molecule has 0 fully saturated rings. The smallest absolute Gasteiger partial charge is 0.262 e. The van der Waals surface area contributed by atoms with Crippen molar-refractivity contribution in [1.29, 1.82) is 0 Å². The molecule has 29 heavy (non-hydrogen) atoms. The number of nitrogens with zero attached hydrogens (tertiary/aromatic N) is 3. The van der Waals surface area contributed by atoms with Crippen LogP contribution in [0, 0.1) is 13.8 Å². The minimum atomic E-state index is -1.01. The molecule has 0 saturated carbocycles. The zero-order valence-corrected chi connectivity index (χ0v) is 18.1. The molecule has 3 rings (SSSR count). The van der Waals surface area contributed by atoms with Crippen LogP contribution in [0.2, 0.25) is 0 Å². The molecule has 0 atom stereocenters. The number of aromatic nitrogens is 2. The molecule has 7 heteroatoms. The van der Waals surface area contributed by atoms with Gasteiger partial charge < -0.3 is 10.0 Å². The summed E-state index contributed by atoms with van der Waals surface area (Å²) < 4.78 is 1.50. The Bertz CT molecular complexity index is 1060. The highest BCUT2D eigenvalue weighted by Crippen LogP contribution is 2.25. The van der Waals surface area contributed by atoms with E-state index in [9.17, 15) is 14.7 Å². The first-order valence-corrected chi connectivity index (χ1v) is 10.5. The zero-order valence-electron chi connectivity index (χ0n) is 17.3. The Morgan fingerprint density at radius 1 is 1.24 bits per heavy atom. The van der Waals surface area contributed by atoms with E-state index in [4.69, 9.17) is 0 Å². The van der Waals surface area contributed by atoms with E-state index in [2.05, 4.69) is 4.98 Å². The van der Waals surface area contributed by atoms with Crippen LogP contribution in [-0.2, 0) is 17.9 Å². The van der Waals surface area contributed by atoms with Crippen molar-refractivity contribution in [2.24, 2.45) is 0 Å². The average molecular weight is 414 g/mol. The third kappa shape index (κ3) is 5.10. The average Bonchev–Trinajstić information content (AvgIpc) is 2.95. The van der Waals surface area contributed by atoms with Gasteiger partial charge in [-0.25, -0.2) is 4.98 Å². The SMILES string of the molecule is Cc1sc2ncn(CCC(=O)N(Cc3ccccc3)CC(C)(C)O)c(=O)c2c1C. The summed E-state index contributed by atoms with van der Waals surface area (Å²) in [6.07, 6.45) is 1.68. The first kappa shape index (κ1) is 21.2. The standard InChI is InChI=1S/C22H27N3O3S/c1-15-16(2)29-20-19(15)21(27)24(14-23-20)11-10-18(26)25(13-22(3,4)28)12-17-8-6-5-7-9-17/h5-9,14,28H,10-13H2,1-4H3. The predicted octanol–water partition coefficient (Wildman–Crippen LogP) is 3.26. The molecule has 154 valence electrons. The summed E-state index contributed by atoms with van der Waals surface area (Å²) in [6.45, 7) is 8.16. The number of hydrogen-bond acceptors (Lipinski definition) is 5. The number of aliphatic hydroxyl groups is 1. The Labute approximate surface area is 174 Å². The highest BCUT2D eigenvalue weighted by atomic mass is 32.1. The highest BCUT2D eigenvalue weighted by Gasteiger charge is 2.23. The van der Waals surface area contributed by atoms with E-state index >= 15 is 0 Å². The van der Waals surface area contributed by atoms with Crippen LogP contribution in [0.3, 0.4) is 0 Å². The molecule has 2 heterocycles. The molecule has 3 aromatic rings. The normalized spacial score (nSPS) is 11.8. The maximum Gasteiger partial charge on any atom is 0.262 e. The maximum absolute atomic E-state index is 12.9. The number of thiophene rings is 1. The van der Waals surface area contributed by atoms with Crippen LogP contribution in [0.1, 0.15) is 36.3 Å². The van der Waals surface area contributed by atoms with Crippen molar-refractivity contribution in [2.45, 2.75) is 52.8 Å². The van der Waals surface area contributed by atoms with Gasteiger partial charge in [-0.3, -0.25) is 14.2 Å². The van der Waals surface area contributed by atoms with Crippen molar-refractivity contribution in [3.63, 3.8) is 0 Å². The van der Waals surface area contributed by atoms with Crippen LogP contribution in [0.25, 0.3) is 10.2 Å². The lowest BCUT2D eigenvalue weighted by Gasteiger charge is -2.29. The molecular formula is C22H27N3O3S. The van der Waals surface area contributed by atoms with Gasteiger partial charge in [0.1, 0.15) is 4.83 Å². The second-order valence-corrected chi connectivity index (χ2v) is 9.21. The summed E-state index contributed by atoms with van der Waals surface area (Å²) in [6, 6.07) is 9.68. The molecule has 0 bridgehead atoms. The number of hydrogen-bond donors (Lipinski definition) is 1. The molecule has 6 nitrogen and oxygen atoms in total. The van der Waals surface area contributed by atoms with E-state index in [1.54, 1.807) is 18.7 Å². The van der Waals surface area contributed by atoms with Crippen LogP contribution >= 0.6 is 11.3 Å². The summed E-state index contributed by atoms with van der Waals surface area (Å²) in [7, 11) is 0. The van der Waals surface area contributed by atoms with Gasteiger partial charge in [0.05, 0.1) is 17.3 Å². The maximum atomic E-state index is 12.9. The van der Waals surface area contributed by atoms with Crippen molar-refractivity contribution >= 4 is 27.5 Å². The van der Waals surface area contributed by atoms with Gasteiger partial charge in [0.2, 0.25) is 5.91 Å². The van der Waals surface area contributed by atoms with Crippen molar-refractivity contribution in [2.75, 3.05) is 6.54 Å². The van der Waals surface area contributed by atoms with Gasteiger partial charge in [-0.1, -0.05) is 30.3 Å². The van der Waals surface area contributed by atoms with Crippen molar-refractivity contribution in [3.05, 3.63) is 63.0 Å². The molecule has 0 spiro atoms. The quantitative estimate of drug-likeness (QED) is 0.645. The monoisotopic (exact) mass is 413 g/mol. The lowest BCUT2D eigenvalue weighted by molar-refractivity contribution is -0.135. The molecule has 0 saturated heterocycles. The Morgan fingerprint density at radius 3 is 2.59 bits per heavy atom. The van der Waals surface area contributed by atoms with E-state index in [0.717, 1.165) is 20.8 Å². The predicted molar refractivity (Wildman–Crippen MR) is 116 cm³/mol. The fourth-order valence-corrected chi connectivity index (χ4v) is 4.29. The molecule has 0 radical (unpaired) electrons. The number of aryl methyl sites for hydroxylation is 3. The highest BCUT2D eigenvalue weighted by molar-refractivity contribution is 7.18. The summed E-state index contributed by atoms with van der Waals surface area (Å²) in [4.78, 5) is 33.6. The third-order valence-electron chi connectivity index (χ3n) is 4.87. The van der Waals surface area contributed by atoms with Gasteiger partial charge in [0.15, 0.2) is 0 Å². The second kappa shape index (κ2) is 8.47. The fourth-order valence-electron chi connectivity index (χ4n) is 3.31. The van der Waals surface area contributed by atoms with Crippen LogP contribution in [0.15, 0.2) is 41.5 Å². The van der Waals surface area contributed by atoms with E-state index in [1.165, 1.54) is 22.2 Å². The minimum absolute atomic E-state index is 0.109. The molecule has 0 aliphatic heterocycles. The number of fused-ring (bicyclic) bond motifs is 1. The van der Waals surface area contributed by atoms with Gasteiger partial charge in [-0.05, 0) is 38.8 Å². The molecule has 2 aromatic heterocycles. The van der Waals surface area contributed by atoms with Crippen molar-refractivity contribution in [3.8, 4) is 0 Å². The Balaban J connectivity index is 1.77. The largest absolute Gasteiger partial charge is 0.389 e. The Hall–Kier alpha value is -2.51. The number of amides is 1. The summed E-state index contributed by atoms with van der Waals surface area (Å²) in [5.41, 5.74) is 0.833. The number of carbonyl (C=O) groups is 1. The molecule has 1 amide bonds. The lowest BCUT2D eigenvalue weighted by atomic mass is 10.1. The minimum Gasteiger partial charge on any atom is -0.389 e. The van der Waals surface area contributed by atoms with Crippen LogP contribution in [-0.4, -0.2) is 37.6 Å². The summed E-state index contributed by atoms with van der Waals surface area (Å²) in [5.74, 6) is -0.110. The molecular weight excluding hydrogens is 386 g/mol. The van der Waals surface area contributed by atoms with E-state index in [-0.39, 0.29) is 31.0 Å². The van der Waals surface area contributed by atoms with Gasteiger partial charge in [0.25, 0.3) is 5.56 Å².